The molecular weight excluding hydrogens is 354 g/mol. The first-order valence-electron chi connectivity index (χ1n) is 9.82. The lowest BCUT2D eigenvalue weighted by Crippen LogP contribution is -1.85. The van der Waals surface area contributed by atoms with Crippen LogP contribution >= 0.6 is 0 Å². The van der Waals surface area contributed by atoms with Crippen molar-refractivity contribution in [3.05, 3.63) is 91.1 Å². The fourth-order valence-electron chi connectivity index (χ4n) is 4.76. The Labute approximate surface area is 166 Å². The summed E-state index contributed by atoms with van der Waals surface area (Å²) in [6.07, 6.45) is 1.87. The van der Waals surface area contributed by atoms with Gasteiger partial charge in [-0.1, -0.05) is 60.7 Å². The van der Waals surface area contributed by atoms with Crippen LogP contribution in [0.4, 0.5) is 0 Å². The van der Waals surface area contributed by atoms with Crippen LogP contribution in [0.3, 0.4) is 0 Å². The highest BCUT2D eigenvalue weighted by atomic mass is 16.3. The molecule has 134 valence electrons. The molecule has 2 aromatic heterocycles. The Balaban J connectivity index is 1.79. The molecular formula is C27H15NO. The third-order valence-corrected chi connectivity index (χ3v) is 6.06. The van der Waals surface area contributed by atoms with E-state index in [9.17, 15) is 0 Å². The quantitative estimate of drug-likeness (QED) is 0.257. The van der Waals surface area contributed by atoms with E-state index in [1.807, 2.05) is 12.3 Å². The Kier molecular flexibility index (Phi) is 2.77. The first-order chi connectivity index (χ1) is 14.4. The maximum absolute atomic E-state index is 6.50. The number of rotatable bonds is 0. The number of hydrogen-bond acceptors (Lipinski definition) is 2. The van der Waals surface area contributed by atoms with E-state index in [1.165, 1.54) is 26.9 Å². The summed E-state index contributed by atoms with van der Waals surface area (Å²) in [7, 11) is 0. The van der Waals surface area contributed by atoms with Crippen molar-refractivity contribution in [2.45, 2.75) is 0 Å². The largest absolute Gasteiger partial charge is 0.455 e. The van der Waals surface area contributed by atoms with Gasteiger partial charge in [0.25, 0.3) is 0 Å². The average Bonchev–Trinajstić information content (AvgIpc) is 3.15. The predicted octanol–water partition coefficient (Wildman–Crippen LogP) is 7.59. The molecule has 0 spiro atoms. The molecule has 7 rings (SSSR count). The van der Waals surface area contributed by atoms with Gasteiger partial charge in [-0.15, -0.1) is 0 Å². The van der Waals surface area contributed by atoms with Crippen molar-refractivity contribution in [1.82, 2.24) is 4.98 Å². The highest BCUT2D eigenvalue weighted by Gasteiger charge is 2.16. The number of nitrogens with zero attached hydrogens (tertiary/aromatic N) is 1. The highest BCUT2D eigenvalue weighted by molar-refractivity contribution is 6.31. The van der Waals surface area contributed by atoms with Gasteiger partial charge in [-0.3, -0.25) is 4.98 Å². The van der Waals surface area contributed by atoms with E-state index in [2.05, 4.69) is 78.9 Å². The minimum atomic E-state index is 0.927. The van der Waals surface area contributed by atoms with E-state index in [0.29, 0.717) is 0 Å². The van der Waals surface area contributed by atoms with Crippen molar-refractivity contribution in [3.63, 3.8) is 0 Å². The monoisotopic (exact) mass is 369 g/mol. The average molecular weight is 369 g/mol. The molecule has 0 radical (unpaired) electrons. The van der Waals surface area contributed by atoms with Gasteiger partial charge in [0.05, 0.1) is 5.52 Å². The molecule has 2 heteroatoms. The fraction of sp³-hybridized carbons (Fsp3) is 0. The Hall–Kier alpha value is -3.91. The minimum absolute atomic E-state index is 0.927. The molecule has 5 aromatic carbocycles. The summed E-state index contributed by atoms with van der Waals surface area (Å²) in [5.41, 5.74) is 2.89. The smallest absolute Gasteiger partial charge is 0.143 e. The molecule has 0 aliphatic rings. The highest BCUT2D eigenvalue weighted by Crippen LogP contribution is 2.41. The van der Waals surface area contributed by atoms with E-state index in [-0.39, 0.29) is 0 Å². The first-order valence-corrected chi connectivity index (χ1v) is 9.82. The van der Waals surface area contributed by atoms with Gasteiger partial charge < -0.3 is 4.42 Å². The van der Waals surface area contributed by atoms with Gasteiger partial charge in [0.1, 0.15) is 11.2 Å². The maximum atomic E-state index is 6.50. The zero-order chi connectivity index (χ0) is 18.9. The standard InChI is InChI=1S/C27H15NO/c1-2-7-17-15-24-23(14-16(17)6-1)21-12-11-19-18-8-3-4-9-20(18)26-22(10-5-13-28-26)25(19)27(21)29-24/h1-15H. The van der Waals surface area contributed by atoms with Crippen molar-refractivity contribution < 1.29 is 4.42 Å². The normalized spacial score (nSPS) is 12.1. The van der Waals surface area contributed by atoms with Crippen molar-refractivity contribution in [3.8, 4) is 0 Å². The third-order valence-electron chi connectivity index (χ3n) is 6.06. The van der Waals surface area contributed by atoms with Crippen LogP contribution in [0.5, 0.6) is 0 Å². The number of hydrogen-bond donors (Lipinski definition) is 0. The molecule has 0 atom stereocenters. The van der Waals surface area contributed by atoms with Crippen LogP contribution in [0.1, 0.15) is 0 Å². The van der Waals surface area contributed by atoms with Crippen LogP contribution in [0.2, 0.25) is 0 Å². The van der Waals surface area contributed by atoms with Crippen molar-refractivity contribution in [1.29, 1.82) is 0 Å². The lowest BCUT2D eigenvalue weighted by atomic mass is 9.95. The summed E-state index contributed by atoms with van der Waals surface area (Å²) in [6, 6.07) is 29.9. The van der Waals surface area contributed by atoms with Gasteiger partial charge in [-0.2, -0.15) is 0 Å². The summed E-state index contributed by atoms with van der Waals surface area (Å²) < 4.78 is 6.50. The molecule has 2 heterocycles. The fourth-order valence-corrected chi connectivity index (χ4v) is 4.76. The minimum Gasteiger partial charge on any atom is -0.455 e. The molecule has 0 fully saturated rings. The lowest BCUT2D eigenvalue weighted by Gasteiger charge is -2.09. The zero-order valence-electron chi connectivity index (χ0n) is 15.5. The Morgan fingerprint density at radius 1 is 0.552 bits per heavy atom. The molecule has 0 aliphatic heterocycles. The van der Waals surface area contributed by atoms with Crippen molar-refractivity contribution >= 4 is 65.2 Å². The second-order valence-electron chi connectivity index (χ2n) is 7.61. The zero-order valence-corrected chi connectivity index (χ0v) is 15.5. The second kappa shape index (κ2) is 5.33. The molecule has 0 unspecified atom stereocenters. The summed E-state index contributed by atoms with van der Waals surface area (Å²) in [6.45, 7) is 0. The molecule has 0 N–H and O–H groups in total. The lowest BCUT2D eigenvalue weighted by molar-refractivity contribution is 0.673. The number of fused-ring (bicyclic) bond motifs is 11. The summed E-state index contributed by atoms with van der Waals surface area (Å²) in [5.74, 6) is 0. The van der Waals surface area contributed by atoms with Crippen molar-refractivity contribution in [2.24, 2.45) is 0 Å². The van der Waals surface area contributed by atoms with Crippen LogP contribution in [-0.4, -0.2) is 4.98 Å². The number of pyridine rings is 1. The molecule has 7 aromatic rings. The van der Waals surface area contributed by atoms with Gasteiger partial charge >= 0.3 is 0 Å². The Morgan fingerprint density at radius 3 is 2.17 bits per heavy atom. The molecule has 0 saturated heterocycles. The Morgan fingerprint density at radius 2 is 1.28 bits per heavy atom. The first kappa shape index (κ1) is 15.1. The van der Waals surface area contributed by atoms with E-state index >= 15 is 0 Å². The molecule has 2 nitrogen and oxygen atoms in total. The van der Waals surface area contributed by atoms with E-state index in [0.717, 1.165) is 38.2 Å². The molecule has 0 saturated carbocycles. The van der Waals surface area contributed by atoms with E-state index in [1.54, 1.807) is 0 Å². The SMILES string of the molecule is c1ccc2cc3c(cc2c1)oc1c3ccc2c3ccccc3c3ncccc3c21. The van der Waals surface area contributed by atoms with Crippen LogP contribution in [0.15, 0.2) is 95.5 Å². The van der Waals surface area contributed by atoms with Gasteiger partial charge in [0.15, 0.2) is 0 Å². The predicted molar refractivity (Wildman–Crippen MR) is 122 cm³/mol. The molecule has 0 aliphatic carbocycles. The van der Waals surface area contributed by atoms with E-state index < -0.39 is 0 Å². The maximum Gasteiger partial charge on any atom is 0.143 e. The van der Waals surface area contributed by atoms with Gasteiger partial charge in [0, 0.05) is 33.1 Å². The topological polar surface area (TPSA) is 26.0 Å². The van der Waals surface area contributed by atoms with Crippen LogP contribution in [0.25, 0.3) is 65.2 Å². The second-order valence-corrected chi connectivity index (χ2v) is 7.61. The van der Waals surface area contributed by atoms with Gasteiger partial charge in [-0.05, 0) is 45.8 Å². The summed E-state index contributed by atoms with van der Waals surface area (Å²) >= 11 is 0. The summed E-state index contributed by atoms with van der Waals surface area (Å²) in [5, 5.41) is 10.6. The van der Waals surface area contributed by atoms with Crippen LogP contribution in [0, 0.1) is 0 Å². The molecule has 29 heavy (non-hydrogen) atoms. The third kappa shape index (κ3) is 1.93. The summed E-state index contributed by atoms with van der Waals surface area (Å²) in [4.78, 5) is 4.72. The molecule has 0 bridgehead atoms. The van der Waals surface area contributed by atoms with Crippen LogP contribution < -0.4 is 0 Å². The Bertz CT molecular complexity index is 1720. The van der Waals surface area contributed by atoms with E-state index in [4.69, 9.17) is 9.40 Å². The number of furan rings is 1. The van der Waals surface area contributed by atoms with Crippen molar-refractivity contribution in [2.75, 3.05) is 0 Å². The number of aromatic nitrogens is 1. The van der Waals surface area contributed by atoms with Gasteiger partial charge in [-0.25, -0.2) is 0 Å². The van der Waals surface area contributed by atoms with Gasteiger partial charge in [0.2, 0.25) is 0 Å². The number of benzene rings is 5. The van der Waals surface area contributed by atoms with Crippen LogP contribution in [-0.2, 0) is 0 Å². The molecule has 0 amide bonds.